The Labute approximate surface area is 151 Å². The SMILES string of the molecule is COc1ccc([C@H]2C3=C(CCCC3=O)N=C3CCCC(=O)C32)cc1Cl. The topological polar surface area (TPSA) is 55.7 Å². The van der Waals surface area contributed by atoms with Crippen molar-refractivity contribution in [2.45, 2.75) is 44.4 Å². The number of hydrogen-bond acceptors (Lipinski definition) is 4. The fourth-order valence-corrected chi connectivity index (χ4v) is 4.60. The van der Waals surface area contributed by atoms with Crippen LogP contribution >= 0.6 is 11.6 Å². The van der Waals surface area contributed by atoms with E-state index < -0.39 is 0 Å². The third-order valence-corrected chi connectivity index (χ3v) is 5.74. The molecule has 1 aromatic carbocycles. The summed E-state index contributed by atoms with van der Waals surface area (Å²) in [6, 6.07) is 5.57. The molecule has 1 aromatic rings. The van der Waals surface area contributed by atoms with Crippen molar-refractivity contribution in [3.05, 3.63) is 40.1 Å². The predicted molar refractivity (Wildman–Crippen MR) is 96.4 cm³/mol. The first-order valence-electron chi connectivity index (χ1n) is 8.80. The number of fused-ring (bicyclic) bond motifs is 1. The van der Waals surface area contributed by atoms with E-state index >= 15 is 0 Å². The van der Waals surface area contributed by atoms with Gasteiger partial charge >= 0.3 is 0 Å². The van der Waals surface area contributed by atoms with E-state index in [0.717, 1.165) is 48.2 Å². The lowest BCUT2D eigenvalue weighted by atomic mass is 9.67. The van der Waals surface area contributed by atoms with Gasteiger partial charge in [-0.15, -0.1) is 0 Å². The van der Waals surface area contributed by atoms with Gasteiger partial charge in [0.2, 0.25) is 0 Å². The van der Waals surface area contributed by atoms with Gasteiger partial charge < -0.3 is 4.74 Å². The maximum Gasteiger partial charge on any atom is 0.161 e. The van der Waals surface area contributed by atoms with Crippen molar-refractivity contribution in [1.29, 1.82) is 0 Å². The standard InChI is InChI=1S/C20H20ClNO3/c1-25-17-9-8-11(10-12(17)21)18-19-13(4-2-6-15(19)23)22-14-5-3-7-16(24)20(14)18/h8-10,18-19H,2-7H2,1H3/t18-,19?/m1/s1. The molecule has 1 fully saturated rings. The second-order valence-corrected chi connectivity index (χ2v) is 7.32. The van der Waals surface area contributed by atoms with Crippen LogP contribution in [-0.4, -0.2) is 24.4 Å². The minimum Gasteiger partial charge on any atom is -0.495 e. The van der Waals surface area contributed by atoms with E-state index in [2.05, 4.69) is 0 Å². The largest absolute Gasteiger partial charge is 0.495 e. The molecule has 0 bridgehead atoms. The van der Waals surface area contributed by atoms with E-state index in [1.54, 1.807) is 7.11 Å². The molecule has 3 aliphatic rings. The Morgan fingerprint density at radius 2 is 1.88 bits per heavy atom. The number of methoxy groups -OCH3 is 1. The summed E-state index contributed by atoms with van der Waals surface area (Å²) < 4.78 is 5.24. The molecule has 0 N–H and O–H groups in total. The van der Waals surface area contributed by atoms with Crippen LogP contribution in [0.25, 0.3) is 0 Å². The Bertz CT molecular complexity index is 824. The molecule has 1 unspecified atom stereocenters. The van der Waals surface area contributed by atoms with Gasteiger partial charge in [-0.2, -0.15) is 0 Å². The van der Waals surface area contributed by atoms with Crippen molar-refractivity contribution in [1.82, 2.24) is 0 Å². The molecule has 25 heavy (non-hydrogen) atoms. The summed E-state index contributed by atoms with van der Waals surface area (Å²) in [6.07, 6.45) is 4.42. The Morgan fingerprint density at radius 1 is 1.08 bits per heavy atom. The molecule has 0 amide bonds. The Balaban J connectivity index is 1.88. The molecule has 1 saturated carbocycles. The zero-order valence-electron chi connectivity index (χ0n) is 14.2. The quantitative estimate of drug-likeness (QED) is 0.794. The van der Waals surface area contributed by atoms with Crippen LogP contribution in [0.15, 0.2) is 34.5 Å². The first-order valence-corrected chi connectivity index (χ1v) is 9.18. The lowest BCUT2D eigenvalue weighted by molar-refractivity contribution is -0.122. The fraction of sp³-hybridized carbons (Fsp3) is 0.450. The third kappa shape index (κ3) is 2.73. The molecular weight excluding hydrogens is 338 g/mol. The lowest BCUT2D eigenvalue weighted by Crippen LogP contribution is -2.39. The number of nitrogens with zero attached hydrogens (tertiary/aromatic N) is 1. The number of Topliss-reactive ketones (excluding diaryl/α,β-unsaturated/α-hetero) is 2. The smallest absolute Gasteiger partial charge is 0.161 e. The summed E-state index contributed by atoms with van der Waals surface area (Å²) in [5.41, 5.74) is 3.47. The first-order chi connectivity index (χ1) is 12.1. The monoisotopic (exact) mass is 357 g/mol. The molecule has 2 aliphatic carbocycles. The average molecular weight is 358 g/mol. The number of benzene rings is 1. The van der Waals surface area contributed by atoms with E-state index in [1.807, 2.05) is 18.2 Å². The van der Waals surface area contributed by atoms with Crippen LogP contribution in [0.2, 0.25) is 5.02 Å². The molecular formula is C20H20ClNO3. The molecule has 2 atom stereocenters. The number of rotatable bonds is 2. The van der Waals surface area contributed by atoms with E-state index in [9.17, 15) is 9.59 Å². The van der Waals surface area contributed by atoms with Gasteiger partial charge in [-0.05, 0) is 43.4 Å². The predicted octanol–water partition coefficient (Wildman–Crippen LogP) is 4.26. The Kier molecular flexibility index (Phi) is 4.24. The van der Waals surface area contributed by atoms with Gasteiger partial charge in [0, 0.05) is 35.7 Å². The Hall–Kier alpha value is -1.94. The minimum atomic E-state index is -0.320. The molecule has 1 heterocycles. The van der Waals surface area contributed by atoms with Crippen molar-refractivity contribution in [3.63, 3.8) is 0 Å². The molecule has 0 radical (unpaired) electrons. The summed E-state index contributed by atoms with van der Waals surface area (Å²) in [4.78, 5) is 30.2. The van der Waals surface area contributed by atoms with Crippen molar-refractivity contribution in [2.75, 3.05) is 7.11 Å². The van der Waals surface area contributed by atoms with Gasteiger partial charge in [0.15, 0.2) is 5.78 Å². The van der Waals surface area contributed by atoms with Crippen molar-refractivity contribution >= 4 is 28.9 Å². The van der Waals surface area contributed by atoms with Gasteiger partial charge in [-0.3, -0.25) is 14.6 Å². The van der Waals surface area contributed by atoms with E-state index in [1.165, 1.54) is 0 Å². The second kappa shape index (κ2) is 6.41. The summed E-state index contributed by atoms with van der Waals surface area (Å²) >= 11 is 6.33. The van der Waals surface area contributed by atoms with E-state index in [-0.39, 0.29) is 23.4 Å². The number of aliphatic imine (C=N–C) groups is 1. The highest BCUT2D eigenvalue weighted by atomic mass is 35.5. The van der Waals surface area contributed by atoms with E-state index in [4.69, 9.17) is 21.3 Å². The molecule has 5 heteroatoms. The van der Waals surface area contributed by atoms with Gasteiger partial charge in [0.25, 0.3) is 0 Å². The van der Waals surface area contributed by atoms with Gasteiger partial charge in [-0.1, -0.05) is 17.7 Å². The third-order valence-electron chi connectivity index (χ3n) is 5.45. The van der Waals surface area contributed by atoms with Gasteiger partial charge in [0.05, 0.1) is 18.1 Å². The van der Waals surface area contributed by atoms with Gasteiger partial charge in [0.1, 0.15) is 11.5 Å². The normalized spacial score (nSPS) is 26.1. The number of carbonyl (C=O) groups excluding carboxylic acids is 2. The van der Waals surface area contributed by atoms with Crippen LogP contribution in [0.4, 0.5) is 0 Å². The van der Waals surface area contributed by atoms with Crippen LogP contribution in [0.1, 0.15) is 50.0 Å². The zero-order valence-corrected chi connectivity index (χ0v) is 14.9. The van der Waals surface area contributed by atoms with Crippen LogP contribution in [0.3, 0.4) is 0 Å². The summed E-state index contributed by atoms with van der Waals surface area (Å²) in [5.74, 6) is 0.325. The highest BCUT2D eigenvalue weighted by Gasteiger charge is 2.44. The second-order valence-electron chi connectivity index (χ2n) is 6.91. The van der Waals surface area contributed by atoms with Crippen LogP contribution in [0.5, 0.6) is 5.75 Å². The number of carbonyl (C=O) groups is 2. The number of halogens is 1. The molecule has 0 saturated heterocycles. The fourth-order valence-electron chi connectivity index (χ4n) is 4.34. The number of allylic oxidation sites excluding steroid dienone is 2. The molecule has 130 valence electrons. The molecule has 0 spiro atoms. The number of ketones is 2. The average Bonchev–Trinajstić information content (AvgIpc) is 2.60. The zero-order chi connectivity index (χ0) is 17.6. The lowest BCUT2D eigenvalue weighted by Gasteiger charge is -2.38. The Morgan fingerprint density at radius 3 is 2.64 bits per heavy atom. The van der Waals surface area contributed by atoms with Gasteiger partial charge in [-0.25, -0.2) is 0 Å². The molecule has 4 nitrogen and oxygen atoms in total. The van der Waals surface area contributed by atoms with Crippen LogP contribution < -0.4 is 4.74 Å². The minimum absolute atomic E-state index is 0.124. The maximum absolute atomic E-state index is 12.7. The maximum atomic E-state index is 12.7. The van der Waals surface area contributed by atoms with Crippen molar-refractivity contribution < 1.29 is 14.3 Å². The first kappa shape index (κ1) is 16.5. The van der Waals surface area contributed by atoms with Crippen molar-refractivity contribution in [2.24, 2.45) is 10.9 Å². The molecule has 0 aromatic heterocycles. The van der Waals surface area contributed by atoms with Crippen LogP contribution in [0, 0.1) is 5.92 Å². The summed E-state index contributed by atoms with van der Waals surface area (Å²) in [6.45, 7) is 0. The highest BCUT2D eigenvalue weighted by molar-refractivity contribution is 6.32. The molecule has 4 rings (SSSR count). The van der Waals surface area contributed by atoms with Crippen molar-refractivity contribution in [3.8, 4) is 5.75 Å². The number of hydrogen-bond donors (Lipinski definition) is 0. The van der Waals surface area contributed by atoms with Crippen LogP contribution in [-0.2, 0) is 9.59 Å². The summed E-state index contributed by atoms with van der Waals surface area (Å²) in [5, 5.41) is 0.498. The molecule has 1 aliphatic heterocycles. The number of ether oxygens (including phenoxy) is 1. The van der Waals surface area contributed by atoms with E-state index in [0.29, 0.717) is 23.6 Å². The summed E-state index contributed by atoms with van der Waals surface area (Å²) in [7, 11) is 1.57. The highest BCUT2D eigenvalue weighted by Crippen LogP contribution is 2.46.